The number of rotatable bonds is 10. The van der Waals surface area contributed by atoms with Gasteiger partial charge in [-0.05, 0) is 33.2 Å². The summed E-state index contributed by atoms with van der Waals surface area (Å²) in [5.74, 6) is 0. The van der Waals surface area contributed by atoms with Gasteiger partial charge in [0.2, 0.25) is 0 Å². The highest BCUT2D eigenvalue weighted by Crippen LogP contribution is 1.93. The van der Waals surface area contributed by atoms with Gasteiger partial charge in [0.25, 0.3) is 0 Å². The molecule has 0 rings (SSSR count). The van der Waals surface area contributed by atoms with Crippen molar-refractivity contribution in [3.63, 3.8) is 0 Å². The van der Waals surface area contributed by atoms with Crippen LogP contribution in [0.5, 0.6) is 0 Å². The predicted octanol–water partition coefficient (Wildman–Crippen LogP) is 0.362. The molecule has 0 spiro atoms. The molecule has 3 N–H and O–H groups in total. The van der Waals surface area contributed by atoms with Gasteiger partial charge < -0.3 is 20.5 Å². The summed E-state index contributed by atoms with van der Waals surface area (Å²) in [6, 6.07) is 0.468. The van der Waals surface area contributed by atoms with Crippen molar-refractivity contribution in [1.82, 2.24) is 10.6 Å². The number of aliphatic hydroxyl groups is 1. The van der Waals surface area contributed by atoms with Gasteiger partial charge in [0.1, 0.15) is 0 Å². The van der Waals surface area contributed by atoms with E-state index in [0.717, 1.165) is 39.1 Å². The molecule has 0 heterocycles. The fraction of sp³-hybridized carbons (Fsp3) is 1.00. The largest absolute Gasteiger partial charge is 0.393 e. The van der Waals surface area contributed by atoms with Gasteiger partial charge in [-0.25, -0.2) is 0 Å². The molecule has 2 unspecified atom stereocenters. The number of methoxy groups -OCH3 is 1. The molecule has 92 valence electrons. The van der Waals surface area contributed by atoms with Crippen LogP contribution in [-0.4, -0.2) is 50.6 Å². The van der Waals surface area contributed by atoms with Crippen molar-refractivity contribution in [2.24, 2.45) is 0 Å². The van der Waals surface area contributed by atoms with Gasteiger partial charge in [0.15, 0.2) is 0 Å². The highest BCUT2D eigenvalue weighted by Gasteiger charge is 2.00. The minimum Gasteiger partial charge on any atom is -0.393 e. The molecule has 0 aromatic rings. The first kappa shape index (κ1) is 14.8. The Morgan fingerprint density at radius 2 is 2.00 bits per heavy atom. The predicted molar refractivity (Wildman–Crippen MR) is 63.1 cm³/mol. The summed E-state index contributed by atoms with van der Waals surface area (Å²) in [7, 11) is 1.71. The van der Waals surface area contributed by atoms with Crippen LogP contribution >= 0.6 is 0 Å². The van der Waals surface area contributed by atoms with Crippen molar-refractivity contribution in [3.8, 4) is 0 Å². The Hall–Kier alpha value is -0.160. The third kappa shape index (κ3) is 11.8. The van der Waals surface area contributed by atoms with E-state index in [2.05, 4.69) is 17.6 Å². The minimum atomic E-state index is -0.179. The van der Waals surface area contributed by atoms with E-state index in [1.54, 1.807) is 7.11 Å². The Morgan fingerprint density at radius 3 is 2.60 bits per heavy atom. The van der Waals surface area contributed by atoms with Crippen molar-refractivity contribution < 1.29 is 9.84 Å². The van der Waals surface area contributed by atoms with E-state index >= 15 is 0 Å². The third-order valence-electron chi connectivity index (χ3n) is 2.22. The van der Waals surface area contributed by atoms with Crippen LogP contribution in [0.1, 0.15) is 26.7 Å². The van der Waals surface area contributed by atoms with Crippen molar-refractivity contribution in [2.45, 2.75) is 38.8 Å². The van der Waals surface area contributed by atoms with Gasteiger partial charge in [0, 0.05) is 26.2 Å². The lowest BCUT2D eigenvalue weighted by atomic mass is 10.2. The summed E-state index contributed by atoms with van der Waals surface area (Å²) in [5, 5.41) is 15.8. The van der Waals surface area contributed by atoms with Crippen LogP contribution in [0.2, 0.25) is 0 Å². The summed E-state index contributed by atoms with van der Waals surface area (Å²) in [6.45, 7) is 7.57. The maximum Gasteiger partial charge on any atom is 0.0587 e. The van der Waals surface area contributed by atoms with Crippen LogP contribution in [-0.2, 0) is 4.74 Å². The van der Waals surface area contributed by atoms with Gasteiger partial charge in [-0.2, -0.15) is 0 Å². The van der Waals surface area contributed by atoms with Gasteiger partial charge in [-0.15, -0.1) is 0 Å². The normalized spacial score (nSPS) is 15.2. The summed E-state index contributed by atoms with van der Waals surface area (Å²) in [5.41, 5.74) is 0. The summed E-state index contributed by atoms with van der Waals surface area (Å²) < 4.78 is 4.94. The Bertz CT molecular complexity index is 132. The van der Waals surface area contributed by atoms with Crippen LogP contribution in [0.15, 0.2) is 0 Å². The van der Waals surface area contributed by atoms with Crippen molar-refractivity contribution >= 4 is 0 Å². The standard InChI is InChI=1S/C11H26N2O2/c1-10(9-12-7-8-15-3)13-6-4-5-11(2)14/h10-14H,4-9H2,1-3H3. The Balaban J connectivity index is 3.15. The second-order valence-corrected chi connectivity index (χ2v) is 4.04. The lowest BCUT2D eigenvalue weighted by molar-refractivity contribution is 0.180. The molecule has 0 aliphatic rings. The quantitative estimate of drug-likeness (QED) is 0.464. The number of ether oxygens (including phenoxy) is 1. The number of hydrogen-bond donors (Lipinski definition) is 3. The molecule has 0 radical (unpaired) electrons. The van der Waals surface area contributed by atoms with Crippen LogP contribution in [0.4, 0.5) is 0 Å². The molecule has 0 bridgehead atoms. The second kappa shape index (κ2) is 10.4. The van der Waals surface area contributed by atoms with Crippen LogP contribution in [0, 0.1) is 0 Å². The molecule has 0 aromatic heterocycles. The average Bonchev–Trinajstić information content (AvgIpc) is 2.19. The van der Waals surface area contributed by atoms with Gasteiger partial charge in [-0.3, -0.25) is 0 Å². The first-order valence-electron chi connectivity index (χ1n) is 5.78. The molecule has 0 fully saturated rings. The van der Waals surface area contributed by atoms with Crippen molar-refractivity contribution in [1.29, 1.82) is 0 Å². The summed E-state index contributed by atoms with van der Waals surface area (Å²) >= 11 is 0. The zero-order valence-electron chi connectivity index (χ0n) is 10.3. The summed E-state index contributed by atoms with van der Waals surface area (Å²) in [6.07, 6.45) is 1.72. The maximum absolute atomic E-state index is 9.06. The highest BCUT2D eigenvalue weighted by molar-refractivity contribution is 4.64. The van der Waals surface area contributed by atoms with Gasteiger partial charge in [-0.1, -0.05) is 0 Å². The number of hydrogen-bond acceptors (Lipinski definition) is 4. The molecule has 2 atom stereocenters. The molecule has 4 nitrogen and oxygen atoms in total. The first-order valence-corrected chi connectivity index (χ1v) is 5.78. The Kier molecular flexibility index (Phi) is 10.3. The van der Waals surface area contributed by atoms with Crippen molar-refractivity contribution in [2.75, 3.05) is 33.4 Å². The average molecular weight is 218 g/mol. The molecule has 0 aromatic carbocycles. The molecule has 0 saturated carbocycles. The SMILES string of the molecule is COCCNCC(C)NCCCC(C)O. The minimum absolute atomic E-state index is 0.179. The van der Waals surface area contributed by atoms with Crippen LogP contribution in [0.25, 0.3) is 0 Å². The van der Waals surface area contributed by atoms with E-state index in [1.807, 2.05) is 6.92 Å². The Morgan fingerprint density at radius 1 is 1.27 bits per heavy atom. The molecule has 4 heteroatoms. The van der Waals surface area contributed by atoms with Crippen LogP contribution in [0.3, 0.4) is 0 Å². The summed E-state index contributed by atoms with van der Waals surface area (Å²) in [4.78, 5) is 0. The van der Waals surface area contributed by atoms with Gasteiger partial charge >= 0.3 is 0 Å². The fourth-order valence-electron chi connectivity index (χ4n) is 1.31. The fourth-order valence-corrected chi connectivity index (χ4v) is 1.31. The molecular formula is C11H26N2O2. The number of aliphatic hydroxyl groups excluding tert-OH is 1. The molecule has 0 aliphatic heterocycles. The zero-order valence-corrected chi connectivity index (χ0v) is 10.3. The van der Waals surface area contributed by atoms with E-state index in [0.29, 0.717) is 6.04 Å². The van der Waals surface area contributed by atoms with E-state index < -0.39 is 0 Å². The number of nitrogens with one attached hydrogen (secondary N) is 2. The van der Waals surface area contributed by atoms with Crippen LogP contribution < -0.4 is 10.6 Å². The van der Waals surface area contributed by atoms with E-state index in [9.17, 15) is 0 Å². The monoisotopic (exact) mass is 218 g/mol. The topological polar surface area (TPSA) is 53.5 Å². The lowest BCUT2D eigenvalue weighted by Gasteiger charge is -2.14. The highest BCUT2D eigenvalue weighted by atomic mass is 16.5. The zero-order chi connectivity index (χ0) is 11.5. The first-order chi connectivity index (χ1) is 7.16. The van der Waals surface area contributed by atoms with E-state index in [1.165, 1.54) is 0 Å². The molecule has 0 saturated heterocycles. The smallest absolute Gasteiger partial charge is 0.0587 e. The molecule has 15 heavy (non-hydrogen) atoms. The molecular weight excluding hydrogens is 192 g/mol. The second-order valence-electron chi connectivity index (χ2n) is 4.04. The third-order valence-corrected chi connectivity index (χ3v) is 2.22. The molecule has 0 amide bonds. The van der Waals surface area contributed by atoms with Crippen molar-refractivity contribution in [3.05, 3.63) is 0 Å². The maximum atomic E-state index is 9.06. The lowest BCUT2D eigenvalue weighted by Crippen LogP contribution is -2.38. The van der Waals surface area contributed by atoms with Gasteiger partial charge in [0.05, 0.1) is 12.7 Å². The van der Waals surface area contributed by atoms with E-state index in [4.69, 9.17) is 9.84 Å². The van der Waals surface area contributed by atoms with E-state index in [-0.39, 0.29) is 6.10 Å². The molecule has 0 aliphatic carbocycles. The Labute approximate surface area is 93.4 Å².